The highest BCUT2D eigenvalue weighted by Crippen LogP contribution is 2.43. The van der Waals surface area contributed by atoms with Crippen LogP contribution in [0.2, 0.25) is 0 Å². The van der Waals surface area contributed by atoms with Crippen molar-refractivity contribution in [2.75, 3.05) is 27.3 Å². The average Bonchev–Trinajstić information content (AvgIpc) is 3.25. The Labute approximate surface area is 254 Å². The van der Waals surface area contributed by atoms with E-state index in [1.165, 1.54) is 0 Å². The van der Waals surface area contributed by atoms with Crippen LogP contribution in [-0.2, 0) is 9.47 Å². The smallest absolute Gasteiger partial charge is 0.419 e. The van der Waals surface area contributed by atoms with Gasteiger partial charge in [0.2, 0.25) is 0 Å². The normalized spacial score (nSPS) is 17.7. The molecule has 1 saturated heterocycles. The van der Waals surface area contributed by atoms with Crippen LogP contribution in [0.4, 0.5) is 9.59 Å². The molecule has 0 aliphatic carbocycles. The molecule has 3 aromatic rings. The number of ether oxygens (including phenoxy) is 4. The number of β-amino-alcohol motifs (C(OH)–C–C–N with tert-alkyl or cyclic N) is 1. The van der Waals surface area contributed by atoms with Gasteiger partial charge in [-0.25, -0.2) is 14.2 Å². The standard InChI is InChI=1S/C34H46N2O7/c1-20(2)29-24-17-21(23-15-16-35(19-26(23)37)31(38)42-33(3,4)5)11-13-25(24)36(32(39)43-34(6,7)8)30(29)22-12-14-27(40-9)28(18-22)41-10/h11-14,17-18,20,23,26,37H,15-16,19H2,1-10H3. The molecule has 4 rings (SSSR count). The number of fused-ring (bicyclic) bond motifs is 1. The number of rotatable bonds is 5. The van der Waals surface area contributed by atoms with Crippen LogP contribution in [0.25, 0.3) is 22.2 Å². The fourth-order valence-corrected chi connectivity index (χ4v) is 5.73. The van der Waals surface area contributed by atoms with Gasteiger partial charge in [-0.05, 0) is 95.3 Å². The van der Waals surface area contributed by atoms with Gasteiger partial charge in [0.1, 0.15) is 11.2 Å². The largest absolute Gasteiger partial charge is 0.493 e. The minimum atomic E-state index is -0.764. The summed E-state index contributed by atoms with van der Waals surface area (Å²) in [6.07, 6.45) is -1.08. The summed E-state index contributed by atoms with van der Waals surface area (Å²) >= 11 is 0. The topological polar surface area (TPSA) is 99.5 Å². The van der Waals surface area contributed by atoms with Crippen molar-refractivity contribution in [3.63, 3.8) is 0 Å². The second-order valence-corrected chi connectivity index (χ2v) is 13.5. The summed E-state index contributed by atoms with van der Waals surface area (Å²) in [7, 11) is 3.17. The molecule has 9 heteroatoms. The van der Waals surface area contributed by atoms with Crippen molar-refractivity contribution < 1.29 is 33.6 Å². The highest BCUT2D eigenvalue weighted by molar-refractivity contribution is 6.00. The van der Waals surface area contributed by atoms with E-state index in [4.69, 9.17) is 18.9 Å². The molecule has 1 amide bonds. The Morgan fingerprint density at radius 2 is 1.51 bits per heavy atom. The number of aliphatic hydroxyl groups is 1. The monoisotopic (exact) mass is 594 g/mol. The molecule has 0 bridgehead atoms. The van der Waals surface area contributed by atoms with Gasteiger partial charge in [0, 0.05) is 23.4 Å². The summed E-state index contributed by atoms with van der Waals surface area (Å²) in [5, 5.41) is 12.1. The van der Waals surface area contributed by atoms with E-state index in [0.717, 1.165) is 27.8 Å². The SMILES string of the molecule is COc1ccc(-c2c(C(C)C)c3cc(C4CCN(C(=O)OC(C)(C)C)CC4O)ccc3n2C(=O)OC(C)(C)C)cc1OC. The first-order valence-corrected chi connectivity index (χ1v) is 14.8. The summed E-state index contributed by atoms with van der Waals surface area (Å²) in [4.78, 5) is 28.0. The van der Waals surface area contributed by atoms with Crippen molar-refractivity contribution in [3.05, 3.63) is 47.5 Å². The number of nitrogens with zero attached hydrogens (tertiary/aromatic N) is 2. The van der Waals surface area contributed by atoms with Crippen molar-refractivity contribution in [3.8, 4) is 22.8 Å². The average molecular weight is 595 g/mol. The van der Waals surface area contributed by atoms with Crippen molar-refractivity contribution >= 4 is 23.1 Å². The Hall–Kier alpha value is -3.72. The molecule has 2 atom stereocenters. The molecule has 0 saturated carbocycles. The Kier molecular flexibility index (Phi) is 9.07. The minimum Gasteiger partial charge on any atom is -0.493 e. The quantitative estimate of drug-likeness (QED) is 0.330. The van der Waals surface area contributed by atoms with E-state index in [1.807, 2.05) is 71.9 Å². The molecule has 43 heavy (non-hydrogen) atoms. The van der Waals surface area contributed by atoms with E-state index >= 15 is 0 Å². The van der Waals surface area contributed by atoms with E-state index in [9.17, 15) is 14.7 Å². The van der Waals surface area contributed by atoms with E-state index in [-0.39, 0.29) is 18.4 Å². The van der Waals surface area contributed by atoms with Crippen LogP contribution in [0.1, 0.15) is 84.8 Å². The number of likely N-dealkylation sites (tertiary alicyclic amines) is 1. The lowest BCUT2D eigenvalue weighted by Crippen LogP contribution is -2.47. The van der Waals surface area contributed by atoms with Crippen molar-refractivity contribution in [1.82, 2.24) is 9.47 Å². The molecule has 1 aromatic heterocycles. The molecule has 2 aromatic carbocycles. The lowest BCUT2D eigenvalue weighted by Gasteiger charge is -2.37. The van der Waals surface area contributed by atoms with Gasteiger partial charge in [-0.15, -0.1) is 0 Å². The van der Waals surface area contributed by atoms with Gasteiger partial charge in [0.25, 0.3) is 0 Å². The molecular weight excluding hydrogens is 548 g/mol. The molecule has 1 aliphatic rings. The fourth-order valence-electron chi connectivity index (χ4n) is 5.73. The number of piperidine rings is 1. The molecule has 1 N–H and O–H groups in total. The third-order valence-electron chi connectivity index (χ3n) is 7.50. The summed E-state index contributed by atoms with van der Waals surface area (Å²) < 4.78 is 24.1. The van der Waals surface area contributed by atoms with E-state index < -0.39 is 29.5 Å². The number of aromatic nitrogens is 1. The van der Waals surface area contributed by atoms with Crippen molar-refractivity contribution in [2.45, 2.75) is 91.0 Å². The molecule has 2 unspecified atom stereocenters. The van der Waals surface area contributed by atoms with Crippen molar-refractivity contribution in [1.29, 1.82) is 0 Å². The predicted molar refractivity (Wildman–Crippen MR) is 167 cm³/mol. The third kappa shape index (κ3) is 6.93. The summed E-state index contributed by atoms with van der Waals surface area (Å²) in [6, 6.07) is 11.6. The zero-order valence-corrected chi connectivity index (χ0v) is 27.1. The first-order valence-electron chi connectivity index (χ1n) is 14.8. The number of carbonyl (C=O) groups is 2. The maximum absolute atomic E-state index is 13.8. The van der Waals surface area contributed by atoms with Crippen LogP contribution >= 0.6 is 0 Å². The Bertz CT molecular complexity index is 1490. The highest BCUT2D eigenvalue weighted by Gasteiger charge is 2.35. The lowest BCUT2D eigenvalue weighted by molar-refractivity contribution is -0.00151. The fraction of sp³-hybridized carbons (Fsp3) is 0.529. The summed E-state index contributed by atoms with van der Waals surface area (Å²) in [6.45, 7) is 15.9. The number of methoxy groups -OCH3 is 2. The second kappa shape index (κ2) is 12.1. The molecule has 1 fully saturated rings. The number of carbonyl (C=O) groups excluding carboxylic acids is 2. The maximum atomic E-state index is 13.8. The molecule has 0 radical (unpaired) electrons. The van der Waals surface area contributed by atoms with Gasteiger partial charge < -0.3 is 29.0 Å². The number of aliphatic hydroxyl groups excluding tert-OH is 1. The number of benzene rings is 2. The minimum absolute atomic E-state index is 0.0449. The van der Waals surface area contributed by atoms with Gasteiger partial charge in [-0.1, -0.05) is 19.9 Å². The van der Waals surface area contributed by atoms with E-state index in [1.54, 1.807) is 23.7 Å². The Morgan fingerprint density at radius 1 is 0.884 bits per heavy atom. The molecule has 234 valence electrons. The highest BCUT2D eigenvalue weighted by atomic mass is 16.6. The molecule has 9 nitrogen and oxygen atoms in total. The lowest BCUT2D eigenvalue weighted by atomic mass is 9.85. The van der Waals surface area contributed by atoms with Crippen LogP contribution in [0.15, 0.2) is 36.4 Å². The predicted octanol–water partition coefficient (Wildman–Crippen LogP) is 7.32. The van der Waals surface area contributed by atoms with Crippen LogP contribution < -0.4 is 9.47 Å². The molecule has 2 heterocycles. The van der Waals surface area contributed by atoms with Gasteiger partial charge >= 0.3 is 12.2 Å². The zero-order chi connectivity index (χ0) is 31.9. The van der Waals surface area contributed by atoms with Gasteiger partial charge in [0.05, 0.1) is 38.1 Å². The Morgan fingerprint density at radius 3 is 2.07 bits per heavy atom. The molecule has 1 aliphatic heterocycles. The van der Waals surface area contributed by atoms with E-state index in [0.29, 0.717) is 30.0 Å². The van der Waals surface area contributed by atoms with Crippen LogP contribution in [0.3, 0.4) is 0 Å². The number of hydrogen-bond acceptors (Lipinski definition) is 7. The maximum Gasteiger partial charge on any atom is 0.419 e. The number of amides is 1. The summed E-state index contributed by atoms with van der Waals surface area (Å²) in [5.74, 6) is 1.00. The third-order valence-corrected chi connectivity index (χ3v) is 7.50. The van der Waals surface area contributed by atoms with Gasteiger partial charge in [0.15, 0.2) is 11.5 Å². The first kappa shape index (κ1) is 32.2. The second-order valence-electron chi connectivity index (χ2n) is 13.5. The Balaban J connectivity index is 1.84. The molecule has 0 spiro atoms. The first-order chi connectivity index (χ1) is 20.0. The van der Waals surface area contributed by atoms with Crippen LogP contribution in [0.5, 0.6) is 11.5 Å². The van der Waals surface area contributed by atoms with Crippen molar-refractivity contribution in [2.24, 2.45) is 0 Å². The number of hydrogen-bond donors (Lipinski definition) is 1. The van der Waals surface area contributed by atoms with Crippen LogP contribution in [0, 0.1) is 0 Å². The van der Waals surface area contributed by atoms with E-state index in [2.05, 4.69) is 19.9 Å². The summed E-state index contributed by atoms with van der Waals surface area (Å²) in [5.41, 5.74) is 2.85. The zero-order valence-electron chi connectivity index (χ0n) is 27.1. The van der Waals surface area contributed by atoms with Gasteiger partial charge in [-0.2, -0.15) is 0 Å². The van der Waals surface area contributed by atoms with Gasteiger partial charge in [-0.3, -0.25) is 0 Å². The molecular formula is C34H46N2O7. The van der Waals surface area contributed by atoms with Crippen LogP contribution in [-0.4, -0.2) is 71.4 Å².